The van der Waals surface area contributed by atoms with Crippen molar-refractivity contribution in [3.05, 3.63) is 64.2 Å². The number of amides is 2. The Bertz CT molecular complexity index is 762. The molecule has 1 unspecified atom stereocenters. The predicted octanol–water partition coefficient (Wildman–Crippen LogP) is 2.75. The van der Waals surface area contributed by atoms with Gasteiger partial charge in [0.05, 0.1) is 6.10 Å². The molecule has 2 rings (SSSR count). The number of nitrogens with one attached hydrogen (secondary N) is 2. The van der Waals surface area contributed by atoms with E-state index in [2.05, 4.69) is 10.6 Å². The van der Waals surface area contributed by atoms with E-state index in [4.69, 9.17) is 11.6 Å². The maximum atomic E-state index is 12.0. The third kappa shape index (κ3) is 4.57. The van der Waals surface area contributed by atoms with Crippen LogP contribution in [0, 0.1) is 13.8 Å². The third-order valence-electron chi connectivity index (χ3n) is 3.57. The number of halogens is 1. The first kappa shape index (κ1) is 18.0. The van der Waals surface area contributed by atoms with Gasteiger partial charge in [0.25, 0.3) is 0 Å². The Balaban J connectivity index is 1.93. The van der Waals surface area contributed by atoms with E-state index in [-0.39, 0.29) is 6.54 Å². The van der Waals surface area contributed by atoms with Gasteiger partial charge in [-0.05, 0) is 37.1 Å². The van der Waals surface area contributed by atoms with Crippen molar-refractivity contribution in [2.24, 2.45) is 0 Å². The van der Waals surface area contributed by atoms with Gasteiger partial charge in [-0.15, -0.1) is 0 Å². The van der Waals surface area contributed by atoms with Gasteiger partial charge in [0.1, 0.15) is 0 Å². The second-order valence-corrected chi connectivity index (χ2v) is 5.93. The van der Waals surface area contributed by atoms with Crippen molar-refractivity contribution >= 4 is 29.1 Å². The Kier molecular flexibility index (Phi) is 5.95. The van der Waals surface area contributed by atoms with Gasteiger partial charge in [-0.3, -0.25) is 9.59 Å². The maximum Gasteiger partial charge on any atom is 0.313 e. The quantitative estimate of drug-likeness (QED) is 0.745. The zero-order chi connectivity index (χ0) is 17.7. The summed E-state index contributed by atoms with van der Waals surface area (Å²) >= 11 is 5.98. The van der Waals surface area contributed by atoms with Crippen LogP contribution in [0.3, 0.4) is 0 Å². The molecule has 0 bridgehead atoms. The second kappa shape index (κ2) is 7.95. The molecule has 0 aliphatic heterocycles. The summed E-state index contributed by atoms with van der Waals surface area (Å²) in [4.78, 5) is 23.9. The van der Waals surface area contributed by atoms with Crippen LogP contribution in [-0.2, 0) is 9.59 Å². The van der Waals surface area contributed by atoms with Crippen LogP contribution in [0.4, 0.5) is 5.69 Å². The molecule has 0 aromatic heterocycles. The number of hydrogen-bond acceptors (Lipinski definition) is 3. The van der Waals surface area contributed by atoms with Gasteiger partial charge in [-0.25, -0.2) is 0 Å². The lowest BCUT2D eigenvalue weighted by molar-refractivity contribution is -0.136. The Morgan fingerprint density at radius 1 is 1.12 bits per heavy atom. The molecule has 0 spiro atoms. The average molecular weight is 347 g/mol. The van der Waals surface area contributed by atoms with Crippen LogP contribution in [0.5, 0.6) is 0 Å². The molecule has 0 saturated heterocycles. The lowest BCUT2D eigenvalue weighted by Crippen LogP contribution is -2.37. The van der Waals surface area contributed by atoms with Crippen LogP contribution in [0.2, 0.25) is 5.02 Å². The van der Waals surface area contributed by atoms with Gasteiger partial charge in [0.15, 0.2) is 0 Å². The van der Waals surface area contributed by atoms with Crippen molar-refractivity contribution < 1.29 is 14.7 Å². The number of aliphatic hydroxyl groups is 1. The second-order valence-electron chi connectivity index (χ2n) is 5.52. The lowest BCUT2D eigenvalue weighted by atomic mass is 10.1. The van der Waals surface area contributed by atoms with E-state index >= 15 is 0 Å². The summed E-state index contributed by atoms with van der Waals surface area (Å²) < 4.78 is 0. The third-order valence-corrected chi connectivity index (χ3v) is 3.91. The van der Waals surface area contributed by atoms with Crippen molar-refractivity contribution in [2.75, 3.05) is 11.9 Å². The zero-order valence-corrected chi connectivity index (χ0v) is 14.2. The molecule has 0 aliphatic carbocycles. The molecular weight excluding hydrogens is 328 g/mol. The minimum Gasteiger partial charge on any atom is -0.387 e. The standard InChI is InChI=1S/C18H19ClN2O3/c1-11-7-8-12(2)15(9-11)21-18(24)17(23)20-10-16(22)13-5-3-4-6-14(13)19/h3-9,16,22H,10H2,1-2H3,(H,20,23)(H,21,24). The van der Waals surface area contributed by atoms with E-state index in [0.29, 0.717) is 16.3 Å². The number of benzene rings is 2. The summed E-state index contributed by atoms with van der Waals surface area (Å²) in [6, 6.07) is 12.4. The highest BCUT2D eigenvalue weighted by atomic mass is 35.5. The molecule has 0 heterocycles. The summed E-state index contributed by atoms with van der Waals surface area (Å²) in [5, 5.41) is 15.4. The van der Waals surface area contributed by atoms with E-state index in [1.807, 2.05) is 26.0 Å². The fourth-order valence-electron chi connectivity index (χ4n) is 2.17. The van der Waals surface area contributed by atoms with E-state index in [0.717, 1.165) is 11.1 Å². The van der Waals surface area contributed by atoms with Crippen molar-refractivity contribution in [1.29, 1.82) is 0 Å². The Morgan fingerprint density at radius 3 is 2.54 bits per heavy atom. The van der Waals surface area contributed by atoms with Gasteiger partial charge in [0.2, 0.25) is 0 Å². The van der Waals surface area contributed by atoms with Crippen LogP contribution < -0.4 is 10.6 Å². The lowest BCUT2D eigenvalue weighted by Gasteiger charge is -2.14. The van der Waals surface area contributed by atoms with Crippen LogP contribution in [0.1, 0.15) is 22.8 Å². The molecule has 2 aromatic rings. The fraction of sp³-hybridized carbons (Fsp3) is 0.222. The minimum absolute atomic E-state index is 0.108. The van der Waals surface area contributed by atoms with E-state index in [1.54, 1.807) is 30.3 Å². The highest BCUT2D eigenvalue weighted by Crippen LogP contribution is 2.21. The normalized spacial score (nSPS) is 11.7. The molecule has 2 aromatic carbocycles. The Labute approximate surface area is 145 Å². The Hall–Kier alpha value is -2.37. The molecule has 0 radical (unpaired) electrons. The predicted molar refractivity (Wildman–Crippen MR) is 94.0 cm³/mol. The first-order valence-electron chi connectivity index (χ1n) is 7.47. The van der Waals surface area contributed by atoms with Crippen molar-refractivity contribution in [3.63, 3.8) is 0 Å². The minimum atomic E-state index is -0.990. The molecule has 126 valence electrons. The number of rotatable bonds is 4. The first-order chi connectivity index (χ1) is 11.4. The highest BCUT2D eigenvalue weighted by molar-refractivity contribution is 6.39. The van der Waals surface area contributed by atoms with Gasteiger partial charge in [0, 0.05) is 22.8 Å². The number of hydrogen-bond donors (Lipinski definition) is 3. The van der Waals surface area contributed by atoms with Crippen molar-refractivity contribution in [3.8, 4) is 0 Å². The molecule has 1 atom stereocenters. The van der Waals surface area contributed by atoms with Crippen LogP contribution >= 0.6 is 11.6 Å². The summed E-state index contributed by atoms with van der Waals surface area (Å²) in [6.07, 6.45) is -0.990. The topological polar surface area (TPSA) is 78.4 Å². The van der Waals surface area contributed by atoms with Crippen LogP contribution in [0.25, 0.3) is 0 Å². The number of aliphatic hydroxyl groups excluding tert-OH is 1. The summed E-state index contributed by atoms with van der Waals surface area (Å²) in [5.41, 5.74) is 2.92. The molecule has 6 heteroatoms. The molecule has 2 amide bonds. The van der Waals surface area contributed by atoms with E-state index < -0.39 is 17.9 Å². The fourth-order valence-corrected chi connectivity index (χ4v) is 2.44. The van der Waals surface area contributed by atoms with E-state index in [1.165, 1.54) is 0 Å². The SMILES string of the molecule is Cc1ccc(C)c(NC(=O)C(=O)NCC(O)c2ccccc2Cl)c1. The van der Waals surface area contributed by atoms with Gasteiger partial charge in [-0.2, -0.15) is 0 Å². The molecule has 5 nitrogen and oxygen atoms in total. The summed E-state index contributed by atoms with van der Waals surface area (Å²) in [6.45, 7) is 3.63. The number of carbonyl (C=O) groups is 2. The van der Waals surface area contributed by atoms with E-state index in [9.17, 15) is 14.7 Å². The number of aryl methyl sites for hydroxylation is 2. The largest absolute Gasteiger partial charge is 0.387 e. The number of anilines is 1. The molecule has 24 heavy (non-hydrogen) atoms. The Morgan fingerprint density at radius 2 is 1.83 bits per heavy atom. The monoisotopic (exact) mass is 346 g/mol. The molecule has 3 N–H and O–H groups in total. The smallest absolute Gasteiger partial charge is 0.313 e. The van der Waals surface area contributed by atoms with Crippen molar-refractivity contribution in [2.45, 2.75) is 20.0 Å². The van der Waals surface area contributed by atoms with Gasteiger partial charge in [-0.1, -0.05) is 41.9 Å². The summed E-state index contributed by atoms with van der Waals surface area (Å²) in [7, 11) is 0. The highest BCUT2D eigenvalue weighted by Gasteiger charge is 2.17. The molecule has 0 saturated carbocycles. The van der Waals surface area contributed by atoms with Crippen molar-refractivity contribution in [1.82, 2.24) is 5.32 Å². The molecule has 0 fully saturated rings. The molecular formula is C18H19ClN2O3. The van der Waals surface area contributed by atoms with Gasteiger partial charge < -0.3 is 15.7 Å². The summed E-state index contributed by atoms with van der Waals surface area (Å²) in [5.74, 6) is -1.60. The first-order valence-corrected chi connectivity index (χ1v) is 7.85. The zero-order valence-electron chi connectivity index (χ0n) is 13.5. The average Bonchev–Trinajstić information content (AvgIpc) is 2.56. The molecule has 0 aliphatic rings. The van der Waals surface area contributed by atoms with Crippen LogP contribution in [0.15, 0.2) is 42.5 Å². The number of carbonyl (C=O) groups excluding carboxylic acids is 2. The maximum absolute atomic E-state index is 12.0. The van der Waals surface area contributed by atoms with Gasteiger partial charge >= 0.3 is 11.8 Å². The van der Waals surface area contributed by atoms with Crippen LogP contribution in [-0.4, -0.2) is 23.5 Å².